The van der Waals surface area contributed by atoms with Crippen molar-refractivity contribution in [1.29, 1.82) is 0 Å². The number of benzene rings is 1. The molecule has 2 heterocycles. The van der Waals surface area contributed by atoms with Gasteiger partial charge >= 0.3 is 0 Å². The Bertz CT molecular complexity index is 966. The summed E-state index contributed by atoms with van der Waals surface area (Å²) < 4.78 is 12.3. The number of ether oxygens (including phenoxy) is 2. The predicted octanol–water partition coefficient (Wildman–Crippen LogP) is 3.33. The van der Waals surface area contributed by atoms with Crippen LogP contribution in [-0.4, -0.2) is 29.5 Å². The number of rotatable bonds is 6. The van der Waals surface area contributed by atoms with Gasteiger partial charge in [-0.1, -0.05) is 17.7 Å². The second-order valence-electron chi connectivity index (χ2n) is 5.51. The molecule has 1 amide bonds. The topological polar surface area (TPSA) is 64.9 Å². The van der Waals surface area contributed by atoms with Gasteiger partial charge in [0.05, 0.1) is 26.5 Å². The molecular weight excluding hydrogens is 354 g/mol. The molecule has 1 aromatic carbocycles. The first-order valence-corrected chi connectivity index (χ1v) is 8.28. The first-order valence-electron chi connectivity index (χ1n) is 7.90. The summed E-state index contributed by atoms with van der Waals surface area (Å²) in [6, 6.07) is 8.98. The van der Waals surface area contributed by atoms with Crippen LogP contribution in [0.15, 0.2) is 48.8 Å². The monoisotopic (exact) mass is 371 g/mol. The predicted molar refractivity (Wildman–Crippen MR) is 101 cm³/mol. The van der Waals surface area contributed by atoms with Gasteiger partial charge < -0.3 is 19.2 Å². The number of carbonyl (C=O) groups excluding carboxylic acids is 1. The van der Waals surface area contributed by atoms with E-state index in [9.17, 15) is 4.79 Å². The maximum atomic E-state index is 12.0. The average molecular weight is 372 g/mol. The van der Waals surface area contributed by atoms with Gasteiger partial charge in [-0.05, 0) is 35.9 Å². The number of imidazole rings is 1. The summed E-state index contributed by atoms with van der Waals surface area (Å²) in [7, 11) is 3.15. The lowest BCUT2D eigenvalue weighted by atomic mass is 10.2. The maximum Gasteiger partial charge on any atom is 0.244 e. The molecule has 0 aliphatic rings. The smallest absolute Gasteiger partial charge is 0.244 e. The van der Waals surface area contributed by atoms with Crippen molar-refractivity contribution >= 4 is 29.2 Å². The van der Waals surface area contributed by atoms with Crippen LogP contribution in [0.1, 0.15) is 11.3 Å². The number of fused-ring (bicyclic) bond motifs is 1. The molecule has 6 nitrogen and oxygen atoms in total. The zero-order valence-electron chi connectivity index (χ0n) is 14.4. The van der Waals surface area contributed by atoms with E-state index in [0.717, 1.165) is 16.9 Å². The van der Waals surface area contributed by atoms with E-state index in [1.807, 2.05) is 22.9 Å². The minimum atomic E-state index is -0.213. The fourth-order valence-electron chi connectivity index (χ4n) is 2.46. The number of pyridine rings is 1. The zero-order chi connectivity index (χ0) is 18.5. The van der Waals surface area contributed by atoms with Crippen molar-refractivity contribution in [3.63, 3.8) is 0 Å². The van der Waals surface area contributed by atoms with Crippen molar-refractivity contribution in [2.24, 2.45) is 0 Å². The van der Waals surface area contributed by atoms with Gasteiger partial charge in [0, 0.05) is 23.5 Å². The molecule has 0 aliphatic carbocycles. The van der Waals surface area contributed by atoms with Gasteiger partial charge in [0.1, 0.15) is 5.65 Å². The molecule has 7 heteroatoms. The standard InChI is InChI=1S/C19H18ClN3O3/c1-25-16-5-3-13(9-17(16)26-2)4-6-19(24)21-11-15-12-23-8-7-14(20)10-18(23)22-15/h3-10,12H,11H2,1-2H3,(H,21,24)/b6-4+. The third-order valence-electron chi connectivity index (χ3n) is 3.75. The van der Waals surface area contributed by atoms with Crippen molar-refractivity contribution in [2.45, 2.75) is 6.54 Å². The molecule has 1 N–H and O–H groups in total. The van der Waals surface area contributed by atoms with Crippen LogP contribution in [-0.2, 0) is 11.3 Å². The average Bonchev–Trinajstić information content (AvgIpc) is 3.06. The summed E-state index contributed by atoms with van der Waals surface area (Å²) in [4.78, 5) is 16.4. The first-order chi connectivity index (χ1) is 12.6. The summed E-state index contributed by atoms with van der Waals surface area (Å²) in [5.74, 6) is 1.04. The summed E-state index contributed by atoms with van der Waals surface area (Å²) in [6.45, 7) is 0.328. The molecule has 3 rings (SSSR count). The van der Waals surface area contributed by atoms with Crippen molar-refractivity contribution in [3.05, 3.63) is 65.1 Å². The normalized spacial score (nSPS) is 11.0. The highest BCUT2D eigenvalue weighted by molar-refractivity contribution is 6.30. The largest absolute Gasteiger partial charge is 0.493 e. The Kier molecular flexibility index (Phi) is 5.43. The van der Waals surface area contributed by atoms with E-state index in [-0.39, 0.29) is 5.91 Å². The highest BCUT2D eigenvalue weighted by Crippen LogP contribution is 2.27. The van der Waals surface area contributed by atoms with Gasteiger partial charge in [-0.3, -0.25) is 4.79 Å². The zero-order valence-corrected chi connectivity index (χ0v) is 15.2. The molecule has 0 fully saturated rings. The second kappa shape index (κ2) is 7.93. The quantitative estimate of drug-likeness (QED) is 0.675. The van der Waals surface area contributed by atoms with E-state index in [0.29, 0.717) is 23.1 Å². The van der Waals surface area contributed by atoms with Crippen molar-refractivity contribution in [2.75, 3.05) is 14.2 Å². The van der Waals surface area contributed by atoms with Gasteiger partial charge in [-0.25, -0.2) is 4.98 Å². The molecule has 0 radical (unpaired) electrons. The number of halogens is 1. The molecule has 0 atom stereocenters. The molecule has 26 heavy (non-hydrogen) atoms. The highest BCUT2D eigenvalue weighted by atomic mass is 35.5. The molecule has 0 spiro atoms. The van der Waals surface area contributed by atoms with Crippen LogP contribution >= 0.6 is 11.6 Å². The van der Waals surface area contributed by atoms with E-state index in [1.54, 1.807) is 44.6 Å². The van der Waals surface area contributed by atoms with Gasteiger partial charge in [-0.2, -0.15) is 0 Å². The van der Waals surface area contributed by atoms with Crippen LogP contribution in [0.5, 0.6) is 11.5 Å². The first kappa shape index (κ1) is 17.8. The number of methoxy groups -OCH3 is 2. The van der Waals surface area contributed by atoms with E-state index in [1.165, 1.54) is 6.08 Å². The Balaban J connectivity index is 1.62. The number of nitrogens with one attached hydrogen (secondary N) is 1. The lowest BCUT2D eigenvalue weighted by Crippen LogP contribution is -2.20. The van der Waals surface area contributed by atoms with Crippen LogP contribution < -0.4 is 14.8 Å². The van der Waals surface area contributed by atoms with Gasteiger partial charge in [0.15, 0.2) is 11.5 Å². The SMILES string of the molecule is COc1ccc(/C=C/C(=O)NCc2cn3ccc(Cl)cc3n2)cc1OC. The number of aromatic nitrogens is 2. The summed E-state index contributed by atoms with van der Waals surface area (Å²) >= 11 is 5.95. The van der Waals surface area contributed by atoms with Gasteiger partial charge in [-0.15, -0.1) is 0 Å². The Morgan fingerprint density at radius 1 is 1.23 bits per heavy atom. The molecule has 0 bridgehead atoms. The Morgan fingerprint density at radius 3 is 2.81 bits per heavy atom. The lowest BCUT2D eigenvalue weighted by Gasteiger charge is -2.07. The molecular formula is C19H18ClN3O3. The second-order valence-corrected chi connectivity index (χ2v) is 5.94. The number of hydrogen-bond donors (Lipinski definition) is 1. The van der Waals surface area contributed by atoms with Gasteiger partial charge in [0.25, 0.3) is 0 Å². The van der Waals surface area contributed by atoms with E-state index < -0.39 is 0 Å². The van der Waals surface area contributed by atoms with Crippen LogP contribution in [0.25, 0.3) is 11.7 Å². The fourth-order valence-corrected chi connectivity index (χ4v) is 2.61. The molecule has 0 aliphatic heterocycles. The Morgan fingerprint density at radius 2 is 2.04 bits per heavy atom. The van der Waals surface area contributed by atoms with E-state index >= 15 is 0 Å². The minimum absolute atomic E-state index is 0.213. The molecule has 0 unspecified atom stereocenters. The third-order valence-corrected chi connectivity index (χ3v) is 3.99. The van der Waals surface area contributed by atoms with Crippen LogP contribution in [0.2, 0.25) is 5.02 Å². The molecule has 0 saturated carbocycles. The molecule has 2 aromatic heterocycles. The molecule has 134 valence electrons. The summed E-state index contributed by atoms with van der Waals surface area (Å²) in [5.41, 5.74) is 2.32. The van der Waals surface area contributed by atoms with Crippen molar-refractivity contribution in [3.8, 4) is 11.5 Å². The van der Waals surface area contributed by atoms with Gasteiger partial charge in [0.2, 0.25) is 5.91 Å². The maximum absolute atomic E-state index is 12.0. The van der Waals surface area contributed by atoms with Crippen LogP contribution in [0.3, 0.4) is 0 Å². The third kappa shape index (κ3) is 4.15. The summed E-state index contributed by atoms with van der Waals surface area (Å²) in [5, 5.41) is 3.43. The van der Waals surface area contributed by atoms with Crippen molar-refractivity contribution in [1.82, 2.24) is 14.7 Å². The number of amides is 1. The highest BCUT2D eigenvalue weighted by Gasteiger charge is 2.05. The number of nitrogens with zero attached hydrogens (tertiary/aromatic N) is 2. The molecule has 3 aromatic rings. The Labute approximate surface area is 156 Å². The van der Waals surface area contributed by atoms with E-state index in [4.69, 9.17) is 21.1 Å². The fraction of sp³-hybridized carbons (Fsp3) is 0.158. The van der Waals surface area contributed by atoms with E-state index in [2.05, 4.69) is 10.3 Å². The summed E-state index contributed by atoms with van der Waals surface area (Å²) in [6.07, 6.45) is 6.85. The van der Waals surface area contributed by atoms with Crippen LogP contribution in [0.4, 0.5) is 0 Å². The Hall–Kier alpha value is -2.99. The number of carbonyl (C=O) groups is 1. The number of hydrogen-bond acceptors (Lipinski definition) is 4. The van der Waals surface area contributed by atoms with Crippen molar-refractivity contribution < 1.29 is 14.3 Å². The molecule has 0 saturated heterocycles. The minimum Gasteiger partial charge on any atom is -0.493 e. The van der Waals surface area contributed by atoms with Crippen LogP contribution in [0, 0.1) is 0 Å². The lowest BCUT2D eigenvalue weighted by molar-refractivity contribution is -0.116.